The fraction of sp³-hybridized carbons (Fsp3) is 0.316. The van der Waals surface area contributed by atoms with Crippen LogP contribution >= 0.6 is 0 Å². The number of piperidine rings is 1. The van der Waals surface area contributed by atoms with Crippen molar-refractivity contribution in [2.45, 2.75) is 19.8 Å². The van der Waals surface area contributed by atoms with Gasteiger partial charge in [-0.2, -0.15) is 4.98 Å². The quantitative estimate of drug-likeness (QED) is 0.510. The standard InChI is InChI=1S/C19H19N5O3/c1-13-4-3-9-23(12-13)16-7-6-14(10-17(16)24(25)26)19-21-18(22-27-19)15-5-2-8-20-11-15/h2,5-8,10-11,13H,3-4,9,12H2,1H3/t13-/m0/s1. The smallest absolute Gasteiger partial charge is 0.293 e. The molecule has 27 heavy (non-hydrogen) atoms. The van der Waals surface area contributed by atoms with Crippen molar-refractivity contribution >= 4 is 11.4 Å². The molecule has 2 aromatic heterocycles. The molecule has 0 radical (unpaired) electrons. The monoisotopic (exact) mass is 365 g/mol. The van der Waals surface area contributed by atoms with Crippen LogP contribution in [0.5, 0.6) is 0 Å². The van der Waals surface area contributed by atoms with Gasteiger partial charge < -0.3 is 9.42 Å². The third kappa shape index (κ3) is 3.51. The summed E-state index contributed by atoms with van der Waals surface area (Å²) in [5.41, 5.74) is 1.95. The van der Waals surface area contributed by atoms with Crippen molar-refractivity contribution in [2.24, 2.45) is 5.92 Å². The molecular formula is C19H19N5O3. The molecule has 138 valence electrons. The van der Waals surface area contributed by atoms with Crippen LogP contribution in [0.1, 0.15) is 19.8 Å². The minimum atomic E-state index is -0.351. The second kappa shape index (κ2) is 7.14. The van der Waals surface area contributed by atoms with E-state index in [1.165, 1.54) is 6.07 Å². The maximum atomic E-state index is 11.7. The summed E-state index contributed by atoms with van der Waals surface area (Å²) in [5.74, 6) is 1.17. The largest absolute Gasteiger partial charge is 0.366 e. The Hall–Kier alpha value is -3.29. The van der Waals surface area contributed by atoms with Gasteiger partial charge >= 0.3 is 0 Å². The highest BCUT2D eigenvalue weighted by Gasteiger charge is 2.25. The lowest BCUT2D eigenvalue weighted by atomic mass is 9.99. The lowest BCUT2D eigenvalue weighted by molar-refractivity contribution is -0.384. The number of nitro groups is 1. The first-order valence-corrected chi connectivity index (χ1v) is 8.89. The van der Waals surface area contributed by atoms with E-state index in [1.807, 2.05) is 6.07 Å². The molecule has 0 aliphatic carbocycles. The zero-order valence-corrected chi connectivity index (χ0v) is 14.9. The van der Waals surface area contributed by atoms with Crippen LogP contribution in [-0.4, -0.2) is 33.1 Å². The summed E-state index contributed by atoms with van der Waals surface area (Å²) in [5, 5.41) is 15.6. The number of hydrogen-bond donors (Lipinski definition) is 0. The molecule has 0 saturated carbocycles. The molecule has 4 rings (SSSR count). The molecule has 1 atom stereocenters. The molecule has 1 aromatic carbocycles. The summed E-state index contributed by atoms with van der Waals surface area (Å²) in [6.07, 6.45) is 5.49. The van der Waals surface area contributed by atoms with Crippen LogP contribution in [0.3, 0.4) is 0 Å². The maximum Gasteiger partial charge on any atom is 0.293 e. The first kappa shape index (κ1) is 17.1. The van der Waals surface area contributed by atoms with Crippen molar-refractivity contribution in [1.82, 2.24) is 15.1 Å². The van der Waals surface area contributed by atoms with Crippen molar-refractivity contribution in [3.63, 3.8) is 0 Å². The van der Waals surface area contributed by atoms with E-state index < -0.39 is 0 Å². The van der Waals surface area contributed by atoms with Crippen molar-refractivity contribution in [1.29, 1.82) is 0 Å². The van der Waals surface area contributed by atoms with Crippen LogP contribution in [0.25, 0.3) is 22.8 Å². The van der Waals surface area contributed by atoms with E-state index in [0.717, 1.165) is 31.5 Å². The van der Waals surface area contributed by atoms with Gasteiger partial charge in [0.15, 0.2) is 0 Å². The van der Waals surface area contributed by atoms with Crippen molar-refractivity contribution in [3.05, 3.63) is 52.8 Å². The van der Waals surface area contributed by atoms with E-state index in [2.05, 4.69) is 26.9 Å². The van der Waals surface area contributed by atoms with Gasteiger partial charge in [0.2, 0.25) is 5.82 Å². The number of anilines is 1. The van der Waals surface area contributed by atoms with E-state index >= 15 is 0 Å². The van der Waals surface area contributed by atoms with Gasteiger partial charge in [0.25, 0.3) is 11.6 Å². The normalized spacial score (nSPS) is 17.1. The fourth-order valence-corrected chi connectivity index (χ4v) is 3.43. The van der Waals surface area contributed by atoms with Gasteiger partial charge in [-0.25, -0.2) is 0 Å². The van der Waals surface area contributed by atoms with Gasteiger partial charge in [-0.05, 0) is 43.0 Å². The van der Waals surface area contributed by atoms with Crippen molar-refractivity contribution < 1.29 is 9.45 Å². The van der Waals surface area contributed by atoms with Gasteiger partial charge in [-0.15, -0.1) is 0 Å². The van der Waals surface area contributed by atoms with Gasteiger partial charge in [0, 0.05) is 42.7 Å². The number of nitrogens with zero attached hydrogens (tertiary/aromatic N) is 5. The highest BCUT2D eigenvalue weighted by molar-refractivity contribution is 5.71. The molecule has 0 spiro atoms. The molecule has 1 saturated heterocycles. The third-order valence-electron chi connectivity index (χ3n) is 4.76. The van der Waals surface area contributed by atoms with Crippen LogP contribution in [0.15, 0.2) is 47.2 Å². The first-order valence-electron chi connectivity index (χ1n) is 8.89. The Morgan fingerprint density at radius 2 is 2.19 bits per heavy atom. The maximum absolute atomic E-state index is 11.7. The second-order valence-electron chi connectivity index (χ2n) is 6.82. The highest BCUT2D eigenvalue weighted by Crippen LogP contribution is 2.35. The first-order chi connectivity index (χ1) is 13.1. The minimum absolute atomic E-state index is 0.0581. The fourth-order valence-electron chi connectivity index (χ4n) is 3.43. The van der Waals surface area contributed by atoms with Crippen LogP contribution < -0.4 is 4.90 Å². The van der Waals surface area contributed by atoms with E-state index in [-0.39, 0.29) is 16.5 Å². The van der Waals surface area contributed by atoms with E-state index in [4.69, 9.17) is 4.52 Å². The molecule has 3 aromatic rings. The van der Waals surface area contributed by atoms with Gasteiger partial charge in [-0.3, -0.25) is 15.1 Å². The van der Waals surface area contributed by atoms with Crippen LogP contribution in [-0.2, 0) is 0 Å². The van der Waals surface area contributed by atoms with Gasteiger partial charge in [0.1, 0.15) is 5.69 Å². The third-order valence-corrected chi connectivity index (χ3v) is 4.76. The zero-order chi connectivity index (χ0) is 18.8. The lowest BCUT2D eigenvalue weighted by Gasteiger charge is -2.32. The SMILES string of the molecule is C[C@H]1CCCN(c2ccc(-c3nc(-c4cccnc4)no3)cc2[N+](=O)[O-])C1. The van der Waals surface area contributed by atoms with E-state index in [9.17, 15) is 10.1 Å². The highest BCUT2D eigenvalue weighted by atomic mass is 16.6. The molecule has 1 aliphatic rings. The Labute approximate surface area is 156 Å². The summed E-state index contributed by atoms with van der Waals surface area (Å²) in [4.78, 5) is 21.8. The molecule has 0 unspecified atom stereocenters. The predicted octanol–water partition coefficient (Wildman–Crippen LogP) is 3.94. The van der Waals surface area contributed by atoms with E-state index in [1.54, 1.807) is 30.6 Å². The Morgan fingerprint density at radius 3 is 2.93 bits per heavy atom. The summed E-state index contributed by atoms with van der Waals surface area (Å²) in [6.45, 7) is 3.83. The van der Waals surface area contributed by atoms with E-state index in [0.29, 0.717) is 23.0 Å². The molecule has 0 bridgehead atoms. The molecule has 3 heterocycles. The number of rotatable bonds is 4. The second-order valence-corrected chi connectivity index (χ2v) is 6.82. The van der Waals surface area contributed by atoms with Crippen LogP contribution in [0.2, 0.25) is 0 Å². The molecule has 8 heteroatoms. The number of aromatic nitrogens is 3. The zero-order valence-electron chi connectivity index (χ0n) is 14.9. The average molecular weight is 365 g/mol. The topological polar surface area (TPSA) is 98.2 Å². The average Bonchev–Trinajstić information content (AvgIpc) is 3.18. The number of nitro benzene ring substituents is 1. The summed E-state index contributed by atoms with van der Waals surface area (Å²) in [7, 11) is 0. The molecule has 0 amide bonds. The molecule has 8 nitrogen and oxygen atoms in total. The Kier molecular flexibility index (Phi) is 4.53. The Bertz CT molecular complexity index is 957. The molecular weight excluding hydrogens is 346 g/mol. The van der Waals surface area contributed by atoms with Gasteiger partial charge in [0.05, 0.1) is 4.92 Å². The Balaban J connectivity index is 1.67. The van der Waals surface area contributed by atoms with Crippen molar-refractivity contribution in [3.8, 4) is 22.8 Å². The Morgan fingerprint density at radius 1 is 1.30 bits per heavy atom. The predicted molar refractivity (Wildman–Crippen MR) is 100 cm³/mol. The number of pyridine rings is 1. The summed E-state index contributed by atoms with van der Waals surface area (Å²) < 4.78 is 5.32. The van der Waals surface area contributed by atoms with Crippen LogP contribution in [0.4, 0.5) is 11.4 Å². The summed E-state index contributed by atoms with van der Waals surface area (Å²) >= 11 is 0. The molecule has 1 aliphatic heterocycles. The number of hydrogen-bond acceptors (Lipinski definition) is 7. The molecule has 0 N–H and O–H groups in total. The summed E-state index contributed by atoms with van der Waals surface area (Å²) in [6, 6.07) is 8.69. The van der Waals surface area contributed by atoms with Crippen LogP contribution in [0, 0.1) is 16.0 Å². The van der Waals surface area contributed by atoms with Gasteiger partial charge in [-0.1, -0.05) is 12.1 Å². The minimum Gasteiger partial charge on any atom is -0.366 e. The lowest BCUT2D eigenvalue weighted by Crippen LogP contribution is -2.34. The molecule has 1 fully saturated rings. The van der Waals surface area contributed by atoms with Crippen molar-refractivity contribution in [2.75, 3.05) is 18.0 Å². The number of benzene rings is 1.